The van der Waals surface area contributed by atoms with Crippen LogP contribution in [0.5, 0.6) is 0 Å². The molecular weight excluding hydrogens is 1830 g/mol. The van der Waals surface area contributed by atoms with Crippen LogP contribution in [0, 0.1) is 35.8 Å². The van der Waals surface area contributed by atoms with Crippen molar-refractivity contribution in [2.24, 2.45) is 5.41 Å². The smallest absolute Gasteiger partial charge is 0.433 e. The minimum Gasteiger partial charge on any atom is -0.481 e. The molecule has 0 aliphatic carbocycles. The first-order valence-electron chi connectivity index (χ1n) is 46.2. The van der Waals surface area contributed by atoms with Crippen LogP contribution in [0.25, 0.3) is 0 Å². The molecule has 3 unspecified atom stereocenters. The number of carbonyl (C=O) groups is 3. The third-order valence-electron chi connectivity index (χ3n) is 20.6. The number of hydrogen-bond acceptors (Lipinski definition) is 21. The minimum absolute atomic E-state index is 0.000395. The van der Waals surface area contributed by atoms with E-state index in [0.717, 1.165) is 107 Å². The predicted octanol–water partition coefficient (Wildman–Crippen LogP) is 29.8. The molecule has 0 bridgehead atoms. The SMILES string of the molecule is C=CC/C(=C\COP(=O)(OCc1ccc([N+](=O)[O-])o1)N(CCCCCl)CCCCC(=O)O)CC/C=C(\C)CCC=C(C)C.CC(C)=CCC/C(C)=C/CC/C(=C/COP(=O)(OCc1ccc([N+](=O)[O-])o1)N(CCCCCl)CCCCC(=O)O)C(C)(C)C.CC(C)=CCC/C(C)=C/CC/C(C)=C/CC/C(C)=C\COP(=O)(OCc1ccc([N+](=O)[O-])o1)N(CCCCCl)CCCCC(=O)O. The van der Waals surface area contributed by atoms with E-state index >= 15 is 0 Å². The topological polar surface area (TPSA) is 397 Å². The highest BCUT2D eigenvalue weighted by atomic mass is 35.5. The molecule has 0 aliphatic heterocycles. The Morgan fingerprint density at radius 2 is 0.639 bits per heavy atom. The Bertz CT molecular complexity index is 4400. The maximum atomic E-state index is 14.3. The van der Waals surface area contributed by atoms with Gasteiger partial charge in [-0.1, -0.05) is 143 Å². The summed E-state index contributed by atoms with van der Waals surface area (Å²) in [6.07, 6.45) is 44.0. The molecule has 3 atom stereocenters. The van der Waals surface area contributed by atoms with E-state index < -0.39 is 73.6 Å². The van der Waals surface area contributed by atoms with Gasteiger partial charge in [0.05, 0.1) is 38.0 Å². The van der Waals surface area contributed by atoms with Crippen LogP contribution in [-0.2, 0) is 75.0 Å². The maximum absolute atomic E-state index is 14.3. The largest absolute Gasteiger partial charge is 0.481 e. The first-order chi connectivity index (χ1) is 63.0. The van der Waals surface area contributed by atoms with E-state index in [-0.39, 0.29) is 94.7 Å². The highest BCUT2D eigenvalue weighted by molar-refractivity contribution is 7.51. The van der Waals surface area contributed by atoms with Crippen LogP contribution in [-0.4, -0.2) is 139 Å². The molecule has 0 saturated heterocycles. The lowest BCUT2D eigenvalue weighted by Gasteiger charge is -2.30. The maximum Gasteiger partial charge on any atom is 0.433 e. The van der Waals surface area contributed by atoms with Gasteiger partial charge in [0.15, 0.2) is 0 Å². The number of alkyl halides is 3. The quantitative estimate of drug-likeness (QED) is 0.0118. The fourth-order valence-electron chi connectivity index (χ4n) is 13.0. The van der Waals surface area contributed by atoms with Gasteiger partial charge < -0.3 is 28.6 Å². The molecule has 3 rings (SSSR count). The van der Waals surface area contributed by atoms with Gasteiger partial charge in [0.25, 0.3) is 0 Å². The monoisotopic (exact) mass is 1980 g/mol. The number of furan rings is 3. The van der Waals surface area contributed by atoms with Crippen molar-refractivity contribution < 1.29 is 98.6 Å². The van der Waals surface area contributed by atoms with Crippen molar-refractivity contribution in [1.82, 2.24) is 14.0 Å². The molecule has 0 aromatic carbocycles. The summed E-state index contributed by atoms with van der Waals surface area (Å²) >= 11 is 17.6. The highest BCUT2D eigenvalue weighted by Gasteiger charge is 2.38. The summed E-state index contributed by atoms with van der Waals surface area (Å²) in [6, 6.07) is 7.82. The molecule has 3 aromatic rings. The summed E-state index contributed by atoms with van der Waals surface area (Å²) in [4.78, 5) is 64.1. The van der Waals surface area contributed by atoms with Crippen molar-refractivity contribution in [3.8, 4) is 0 Å². The molecular formula is C97H154Cl3N6O24P3. The summed E-state index contributed by atoms with van der Waals surface area (Å²) in [5.74, 6) is -2.27. The molecule has 3 heterocycles. The van der Waals surface area contributed by atoms with Gasteiger partial charge in [0.2, 0.25) is 0 Å². The van der Waals surface area contributed by atoms with Crippen LogP contribution in [0.15, 0.2) is 179 Å². The molecule has 0 spiro atoms. The van der Waals surface area contributed by atoms with Crippen molar-refractivity contribution in [2.45, 2.75) is 309 Å². The van der Waals surface area contributed by atoms with Crippen LogP contribution in [0.1, 0.15) is 307 Å². The molecule has 0 aliphatic rings. The first kappa shape index (κ1) is 124. The van der Waals surface area contributed by atoms with Crippen molar-refractivity contribution in [1.29, 1.82) is 0 Å². The summed E-state index contributed by atoms with van der Waals surface area (Å²) < 4.78 is 98.6. The third kappa shape index (κ3) is 60.9. The Morgan fingerprint density at radius 3 is 0.902 bits per heavy atom. The average molecular weight is 1990 g/mol. The lowest BCUT2D eigenvalue weighted by molar-refractivity contribution is -0.402. The molecule has 133 heavy (non-hydrogen) atoms. The van der Waals surface area contributed by atoms with Crippen LogP contribution in [0.4, 0.5) is 17.7 Å². The fourth-order valence-corrected chi connectivity index (χ4v) is 18.7. The van der Waals surface area contributed by atoms with Crippen molar-refractivity contribution in [2.75, 3.05) is 76.7 Å². The van der Waals surface area contributed by atoms with Crippen LogP contribution >= 0.6 is 58.0 Å². The van der Waals surface area contributed by atoms with Gasteiger partial charge in [-0.2, -0.15) is 0 Å². The van der Waals surface area contributed by atoms with Gasteiger partial charge in [0, 0.05) is 76.2 Å². The second-order valence-electron chi connectivity index (χ2n) is 34.4. The number of carboxylic acids is 3. The highest BCUT2D eigenvalue weighted by Crippen LogP contribution is 2.56. The molecule has 36 heteroatoms. The summed E-state index contributed by atoms with van der Waals surface area (Å²) in [7, 11) is -11.8. The van der Waals surface area contributed by atoms with E-state index in [2.05, 4.69) is 139 Å². The Labute approximate surface area is 806 Å². The van der Waals surface area contributed by atoms with E-state index in [0.29, 0.717) is 127 Å². The van der Waals surface area contributed by atoms with Crippen LogP contribution < -0.4 is 0 Å². The lowest BCUT2D eigenvalue weighted by atomic mass is 9.83. The second-order valence-corrected chi connectivity index (χ2v) is 41.6. The van der Waals surface area contributed by atoms with E-state index in [1.54, 1.807) is 14.0 Å². The van der Waals surface area contributed by atoms with E-state index in [1.807, 2.05) is 31.2 Å². The number of nitrogens with zero attached hydrogens (tertiary/aromatic N) is 6. The number of unbranched alkanes of at least 4 members (excludes halogenated alkanes) is 6. The second kappa shape index (κ2) is 72.2. The number of rotatable bonds is 74. The fraction of sp³-hybridized carbons (Fsp3) is 0.619. The summed E-state index contributed by atoms with van der Waals surface area (Å²) in [5.41, 5.74) is 12.6. The third-order valence-corrected chi connectivity index (χ3v) is 27.5. The zero-order chi connectivity index (χ0) is 99.6. The molecule has 0 amide bonds. The molecule has 3 aromatic heterocycles. The summed E-state index contributed by atoms with van der Waals surface area (Å²) in [5, 5.41) is 60.2. The number of aliphatic carboxylic acids is 3. The normalized spacial score (nSPS) is 13.9. The number of halogens is 3. The molecule has 752 valence electrons. The summed E-state index contributed by atoms with van der Waals surface area (Å²) in [6.45, 7) is 34.7. The first-order valence-corrected chi connectivity index (χ1v) is 52.3. The zero-order valence-electron chi connectivity index (χ0n) is 81.4. The van der Waals surface area contributed by atoms with E-state index in [4.69, 9.17) is 90.5 Å². The molecule has 0 saturated carbocycles. The Kier molecular flexibility index (Phi) is 67.2. The Hall–Kier alpha value is -7.21. The van der Waals surface area contributed by atoms with Crippen LogP contribution in [0.2, 0.25) is 0 Å². The van der Waals surface area contributed by atoms with Gasteiger partial charge in [-0.15, -0.1) is 41.4 Å². The van der Waals surface area contributed by atoms with Gasteiger partial charge in [-0.3, -0.25) is 71.9 Å². The standard InChI is InChI=1S/C34H54ClN2O8P.C32H52ClN2O8P.C31H48ClN2O8P/c1-28(2)13-10-14-29(3)15-11-16-30(4)17-12-18-31(5)22-26-43-46(42,44-27-32-20-21-33(45-32)37(40)41)36(25-9-7-23-35)24-8-6-19-34(38)39;1-26(2)13-11-14-27(3)15-12-16-28(32(4,5)6)20-24-41-44(40,42-25-29-18-19-30(43-29)35(38)39)34(23-10-8-21-33)22-9-7-17-31(36)37;1-5-12-28(16-11-15-27(4)14-10-13-26(2)3)20-24-40-43(39,41-25-29-18-19-30(42-29)34(37)38)33(23-9-7-21-32)22-8-6-17-31(35)36/h13,15,17,20-22H,6-12,14,16,18-19,23-27H2,1-5H3,(H,38,39);13,15,18-20H,7-12,14,16-17,21-25H2,1-6H3,(H,36,37);5,13,15,18-20H,1,6-12,14,16-17,21-25H2,2-4H3,(H,35,36)/b29-15+,30-17+,31-22-;27-15+,28-20-;27-15+,28-20+. The van der Waals surface area contributed by atoms with Gasteiger partial charge in [0.1, 0.15) is 51.9 Å². The van der Waals surface area contributed by atoms with Crippen LogP contribution in [0.3, 0.4) is 0 Å². The predicted molar refractivity (Wildman–Crippen MR) is 532 cm³/mol. The Morgan fingerprint density at radius 1 is 0.376 bits per heavy atom. The average Bonchev–Trinajstić information content (AvgIpc) is 1.78. The number of carboxylic acid groups (broad SMARTS) is 3. The zero-order valence-corrected chi connectivity index (χ0v) is 86.4. The van der Waals surface area contributed by atoms with Crippen molar-refractivity contribution in [3.63, 3.8) is 0 Å². The Balaban J connectivity index is 0.000000998. The lowest BCUT2D eigenvalue weighted by Crippen LogP contribution is -2.26. The van der Waals surface area contributed by atoms with Gasteiger partial charge in [-0.05, 0) is 273 Å². The number of nitro groups is 3. The van der Waals surface area contributed by atoms with Crippen molar-refractivity contribution in [3.05, 3.63) is 213 Å². The molecule has 3 N–H and O–H groups in total. The molecule has 0 fully saturated rings. The van der Waals surface area contributed by atoms with E-state index in [9.17, 15) is 58.4 Å². The van der Waals surface area contributed by atoms with E-state index in [1.165, 1.54) is 75.4 Å². The van der Waals surface area contributed by atoms with Crippen molar-refractivity contribution >= 4 is 93.6 Å². The number of allylic oxidation sites excluding steroid dienone is 18. The number of hydrogen-bond donors (Lipinski definition) is 3. The molecule has 30 nitrogen and oxygen atoms in total. The molecule has 0 radical (unpaired) electrons. The minimum atomic E-state index is -3.93. The van der Waals surface area contributed by atoms with Gasteiger partial charge >= 0.3 is 58.8 Å². The van der Waals surface area contributed by atoms with Gasteiger partial charge in [-0.25, -0.2) is 27.7 Å².